The number of amides is 1. The standard InChI is InChI=1S/C21H21ClN4O/c1-2-17-19(21(27)24-13-14-6-5-11-23-12-14)20(15-9-10-15)25-26(17)18-8-4-3-7-16(18)22/h3-8,11-12,15H,2,9-10,13H2,1H3,(H,24,27). The van der Waals surface area contributed by atoms with Crippen molar-refractivity contribution >= 4 is 17.5 Å². The second kappa shape index (κ2) is 7.53. The second-order valence-electron chi connectivity index (χ2n) is 6.74. The SMILES string of the molecule is CCc1c(C(=O)NCc2cccnc2)c(C2CC2)nn1-c1ccccc1Cl. The third kappa shape index (κ3) is 3.60. The maximum atomic E-state index is 13.1. The van der Waals surface area contributed by atoms with Crippen molar-refractivity contribution in [2.24, 2.45) is 0 Å². The third-order valence-corrected chi connectivity index (χ3v) is 5.11. The highest BCUT2D eigenvalue weighted by molar-refractivity contribution is 6.32. The number of hydrogen-bond acceptors (Lipinski definition) is 3. The number of pyridine rings is 1. The van der Waals surface area contributed by atoms with Gasteiger partial charge in [0.25, 0.3) is 5.91 Å². The van der Waals surface area contributed by atoms with Gasteiger partial charge in [-0.15, -0.1) is 0 Å². The predicted molar refractivity (Wildman–Crippen MR) is 105 cm³/mol. The van der Waals surface area contributed by atoms with Crippen LogP contribution in [-0.4, -0.2) is 20.7 Å². The average molecular weight is 381 g/mol. The van der Waals surface area contributed by atoms with E-state index in [4.69, 9.17) is 16.7 Å². The molecule has 1 N–H and O–H groups in total. The second-order valence-corrected chi connectivity index (χ2v) is 7.15. The molecule has 27 heavy (non-hydrogen) atoms. The number of hydrogen-bond donors (Lipinski definition) is 1. The van der Waals surface area contributed by atoms with Gasteiger partial charge >= 0.3 is 0 Å². The Morgan fingerprint density at radius 3 is 2.74 bits per heavy atom. The molecule has 1 aromatic carbocycles. The van der Waals surface area contributed by atoms with E-state index in [0.717, 1.165) is 35.5 Å². The van der Waals surface area contributed by atoms with Gasteiger partial charge in [0.1, 0.15) is 0 Å². The van der Waals surface area contributed by atoms with Gasteiger partial charge in [0.05, 0.1) is 27.7 Å². The molecule has 0 spiro atoms. The molecular weight excluding hydrogens is 360 g/mol. The molecule has 1 fully saturated rings. The van der Waals surface area contributed by atoms with Crippen LogP contribution in [0.1, 0.15) is 53.0 Å². The zero-order valence-corrected chi connectivity index (χ0v) is 15.9. The van der Waals surface area contributed by atoms with Crippen molar-refractivity contribution in [2.75, 3.05) is 0 Å². The Bertz CT molecular complexity index is 964. The van der Waals surface area contributed by atoms with Crippen molar-refractivity contribution in [3.8, 4) is 5.69 Å². The minimum absolute atomic E-state index is 0.0871. The Hall–Kier alpha value is -2.66. The highest BCUT2D eigenvalue weighted by Crippen LogP contribution is 2.42. The van der Waals surface area contributed by atoms with Crippen LogP contribution >= 0.6 is 11.6 Å². The molecule has 1 amide bonds. The van der Waals surface area contributed by atoms with E-state index < -0.39 is 0 Å². The Kier molecular flexibility index (Phi) is 4.94. The summed E-state index contributed by atoms with van der Waals surface area (Å²) in [5.41, 5.74) is 4.26. The Morgan fingerprint density at radius 1 is 1.26 bits per heavy atom. The molecule has 138 valence electrons. The van der Waals surface area contributed by atoms with Crippen molar-refractivity contribution in [3.05, 3.63) is 76.3 Å². The van der Waals surface area contributed by atoms with E-state index in [2.05, 4.69) is 10.3 Å². The fraction of sp³-hybridized carbons (Fsp3) is 0.286. The van der Waals surface area contributed by atoms with Crippen LogP contribution in [0.5, 0.6) is 0 Å². The van der Waals surface area contributed by atoms with E-state index in [1.54, 1.807) is 12.4 Å². The van der Waals surface area contributed by atoms with Crippen LogP contribution in [0.3, 0.4) is 0 Å². The van der Waals surface area contributed by atoms with Gasteiger partial charge in [-0.05, 0) is 43.0 Å². The quantitative estimate of drug-likeness (QED) is 0.693. The summed E-state index contributed by atoms with van der Waals surface area (Å²) < 4.78 is 1.84. The van der Waals surface area contributed by atoms with Crippen LogP contribution in [0, 0.1) is 0 Å². The van der Waals surface area contributed by atoms with E-state index in [1.165, 1.54) is 0 Å². The molecule has 2 heterocycles. The van der Waals surface area contributed by atoms with Gasteiger partial charge in [0, 0.05) is 24.9 Å². The summed E-state index contributed by atoms with van der Waals surface area (Å²) in [6, 6.07) is 11.4. The van der Waals surface area contributed by atoms with Gasteiger partial charge in [0.15, 0.2) is 0 Å². The topological polar surface area (TPSA) is 59.8 Å². The van der Waals surface area contributed by atoms with Gasteiger partial charge in [0.2, 0.25) is 0 Å². The molecule has 0 aliphatic heterocycles. The Morgan fingerprint density at radius 2 is 2.07 bits per heavy atom. The van der Waals surface area contributed by atoms with Crippen molar-refractivity contribution in [2.45, 2.75) is 38.6 Å². The van der Waals surface area contributed by atoms with Gasteiger partial charge in [-0.25, -0.2) is 4.68 Å². The molecular formula is C21H21ClN4O. The van der Waals surface area contributed by atoms with Crippen LogP contribution in [0.2, 0.25) is 5.02 Å². The first-order valence-electron chi connectivity index (χ1n) is 9.22. The number of benzene rings is 1. The fourth-order valence-electron chi connectivity index (χ4n) is 3.28. The summed E-state index contributed by atoms with van der Waals surface area (Å²) in [4.78, 5) is 17.2. The summed E-state index contributed by atoms with van der Waals surface area (Å²) in [5.74, 6) is 0.272. The van der Waals surface area contributed by atoms with E-state index >= 15 is 0 Å². The van der Waals surface area contributed by atoms with E-state index in [9.17, 15) is 4.79 Å². The molecule has 0 bridgehead atoms. The number of carbonyl (C=O) groups is 1. The maximum Gasteiger partial charge on any atom is 0.255 e. The van der Waals surface area contributed by atoms with Gasteiger partial charge < -0.3 is 5.32 Å². The van der Waals surface area contributed by atoms with E-state index in [-0.39, 0.29) is 5.91 Å². The van der Waals surface area contributed by atoms with Crippen molar-refractivity contribution in [3.63, 3.8) is 0 Å². The summed E-state index contributed by atoms with van der Waals surface area (Å²) in [6.07, 6.45) is 6.33. The maximum absolute atomic E-state index is 13.1. The Labute approximate surface area is 163 Å². The smallest absolute Gasteiger partial charge is 0.255 e. The number of rotatable bonds is 6. The number of nitrogens with one attached hydrogen (secondary N) is 1. The van der Waals surface area contributed by atoms with Crippen LogP contribution in [0.4, 0.5) is 0 Å². The monoisotopic (exact) mass is 380 g/mol. The zero-order chi connectivity index (χ0) is 18.8. The molecule has 1 saturated carbocycles. The normalized spacial score (nSPS) is 13.6. The molecule has 2 aromatic heterocycles. The molecule has 3 aromatic rings. The molecule has 1 aliphatic carbocycles. The van der Waals surface area contributed by atoms with Crippen molar-refractivity contribution < 1.29 is 4.79 Å². The molecule has 4 rings (SSSR count). The van der Waals surface area contributed by atoms with Crippen LogP contribution in [0.15, 0.2) is 48.8 Å². The van der Waals surface area contributed by atoms with Crippen molar-refractivity contribution in [1.82, 2.24) is 20.1 Å². The number of nitrogens with zero attached hydrogens (tertiary/aromatic N) is 3. The molecule has 1 aliphatic rings. The lowest BCUT2D eigenvalue weighted by atomic mass is 10.1. The fourth-order valence-corrected chi connectivity index (χ4v) is 3.50. The van der Waals surface area contributed by atoms with Crippen LogP contribution < -0.4 is 5.32 Å². The molecule has 5 nitrogen and oxygen atoms in total. The highest BCUT2D eigenvalue weighted by atomic mass is 35.5. The number of carbonyl (C=O) groups excluding carboxylic acids is 1. The lowest BCUT2D eigenvalue weighted by Crippen LogP contribution is -2.24. The average Bonchev–Trinajstić information content (AvgIpc) is 3.47. The number of aromatic nitrogens is 3. The first kappa shape index (κ1) is 17.7. The molecule has 0 unspecified atom stereocenters. The van der Waals surface area contributed by atoms with Gasteiger partial charge in [-0.1, -0.05) is 36.7 Å². The number of para-hydroxylation sites is 1. The summed E-state index contributed by atoms with van der Waals surface area (Å²) in [6.45, 7) is 2.48. The van der Waals surface area contributed by atoms with Crippen LogP contribution in [0.25, 0.3) is 5.69 Å². The van der Waals surface area contributed by atoms with Crippen molar-refractivity contribution in [1.29, 1.82) is 0 Å². The molecule has 6 heteroatoms. The Balaban J connectivity index is 1.71. The summed E-state index contributed by atoms with van der Waals surface area (Å²) in [5, 5.41) is 8.46. The number of halogens is 1. The van der Waals surface area contributed by atoms with E-state index in [0.29, 0.717) is 29.5 Å². The molecule has 0 radical (unpaired) electrons. The predicted octanol–water partition coefficient (Wildman–Crippen LogP) is 4.29. The minimum Gasteiger partial charge on any atom is -0.348 e. The molecule has 0 saturated heterocycles. The summed E-state index contributed by atoms with van der Waals surface area (Å²) in [7, 11) is 0. The lowest BCUT2D eigenvalue weighted by Gasteiger charge is -2.10. The minimum atomic E-state index is -0.0871. The first-order valence-corrected chi connectivity index (χ1v) is 9.60. The summed E-state index contributed by atoms with van der Waals surface area (Å²) >= 11 is 6.40. The van der Waals surface area contributed by atoms with Gasteiger partial charge in [-0.2, -0.15) is 5.10 Å². The third-order valence-electron chi connectivity index (χ3n) is 4.79. The first-order chi connectivity index (χ1) is 13.2. The largest absolute Gasteiger partial charge is 0.348 e. The molecule has 0 atom stereocenters. The lowest BCUT2D eigenvalue weighted by molar-refractivity contribution is 0.0949. The highest BCUT2D eigenvalue weighted by Gasteiger charge is 2.34. The van der Waals surface area contributed by atoms with E-state index in [1.807, 2.05) is 48.0 Å². The van der Waals surface area contributed by atoms with Gasteiger partial charge in [-0.3, -0.25) is 9.78 Å². The van der Waals surface area contributed by atoms with Crippen LogP contribution in [-0.2, 0) is 13.0 Å². The zero-order valence-electron chi connectivity index (χ0n) is 15.2.